The first-order valence-corrected chi connectivity index (χ1v) is 8.13. The fourth-order valence-electron chi connectivity index (χ4n) is 1.78. The van der Waals surface area contributed by atoms with Crippen molar-refractivity contribution in [3.8, 4) is 5.75 Å². The Balaban J connectivity index is 2.79. The molecule has 2 aromatic carbocycles. The normalized spacial score (nSPS) is 12.6. The number of hydrogen-bond acceptors (Lipinski definition) is 3. The van der Waals surface area contributed by atoms with E-state index in [9.17, 15) is 14.1 Å². The smallest absolute Gasteiger partial charge is 0.340 e. The Hall–Kier alpha value is -1.59. The van der Waals surface area contributed by atoms with E-state index in [1.807, 2.05) is 0 Å². The molecule has 4 nitrogen and oxygen atoms in total. The summed E-state index contributed by atoms with van der Waals surface area (Å²) in [6.45, 7) is 0. The molecule has 0 spiro atoms. The maximum atomic E-state index is 11.7. The minimum Gasteiger partial charge on any atom is -0.507 e. The monoisotopic (exact) mass is 286 g/mol. The van der Waals surface area contributed by atoms with E-state index in [1.165, 1.54) is 24.5 Å². The van der Waals surface area contributed by atoms with Gasteiger partial charge in [-0.05, 0) is 43.4 Å². The standard InChI is InChI=1S/C12H11ClO4S/c1-18(13,17)8-3-4-9-7(6-8)2-5-10(14)11(9)12(15)16/h2-6,14,18H,1H3,(H,15,16). The predicted molar refractivity (Wildman–Crippen MR) is 72.2 cm³/mol. The Morgan fingerprint density at radius 1 is 1.28 bits per heavy atom. The number of hydrogen-bond donors (Lipinski definition) is 3. The Labute approximate surface area is 109 Å². The average molecular weight is 287 g/mol. The Morgan fingerprint density at radius 2 is 1.94 bits per heavy atom. The van der Waals surface area contributed by atoms with Crippen molar-refractivity contribution in [3.63, 3.8) is 0 Å². The maximum absolute atomic E-state index is 11.7. The number of aromatic hydroxyl groups is 1. The van der Waals surface area contributed by atoms with Crippen LogP contribution in [0.3, 0.4) is 0 Å². The van der Waals surface area contributed by atoms with Gasteiger partial charge in [0.25, 0.3) is 0 Å². The molecule has 0 aromatic heterocycles. The van der Waals surface area contributed by atoms with Gasteiger partial charge in [0.15, 0.2) is 0 Å². The van der Waals surface area contributed by atoms with E-state index < -0.39 is 15.1 Å². The van der Waals surface area contributed by atoms with Crippen LogP contribution in [0.25, 0.3) is 10.8 Å². The van der Waals surface area contributed by atoms with Gasteiger partial charge in [-0.1, -0.05) is 12.1 Å². The summed E-state index contributed by atoms with van der Waals surface area (Å²) in [6, 6.07) is 7.46. The highest BCUT2D eigenvalue weighted by atomic mass is 35.7. The lowest BCUT2D eigenvalue weighted by Gasteiger charge is -2.12. The first-order valence-electron chi connectivity index (χ1n) is 5.07. The molecule has 0 aliphatic rings. The molecule has 0 saturated carbocycles. The van der Waals surface area contributed by atoms with Crippen LogP contribution in [-0.4, -0.2) is 26.6 Å². The van der Waals surface area contributed by atoms with Gasteiger partial charge in [0.2, 0.25) is 0 Å². The molecule has 0 amide bonds. The molecule has 0 fully saturated rings. The van der Waals surface area contributed by atoms with Crippen LogP contribution in [0.5, 0.6) is 5.75 Å². The van der Waals surface area contributed by atoms with E-state index >= 15 is 0 Å². The van der Waals surface area contributed by atoms with E-state index in [-0.39, 0.29) is 11.3 Å². The molecular formula is C12H11ClO4S. The molecule has 0 aliphatic carbocycles. The molecule has 0 saturated heterocycles. The van der Waals surface area contributed by atoms with Crippen molar-refractivity contribution in [2.45, 2.75) is 4.90 Å². The van der Waals surface area contributed by atoms with Crippen molar-refractivity contribution >= 4 is 36.6 Å². The number of phenols is 1. The highest BCUT2D eigenvalue weighted by molar-refractivity contribution is 8.23. The van der Waals surface area contributed by atoms with Gasteiger partial charge in [-0.2, -0.15) is 0 Å². The van der Waals surface area contributed by atoms with Crippen molar-refractivity contribution < 1.29 is 19.2 Å². The number of thiol groups is 1. The molecule has 2 N–H and O–H groups in total. The second-order valence-corrected chi connectivity index (χ2v) is 8.08. The first kappa shape index (κ1) is 12.9. The van der Waals surface area contributed by atoms with Gasteiger partial charge >= 0.3 is 5.97 Å². The number of halogens is 1. The van der Waals surface area contributed by atoms with Gasteiger partial charge in [0.05, 0.1) is 0 Å². The molecule has 96 valence electrons. The largest absolute Gasteiger partial charge is 0.507 e. The number of carbonyl (C=O) groups is 1. The molecule has 0 unspecified atom stereocenters. The van der Waals surface area contributed by atoms with Crippen LogP contribution in [0, 0.1) is 0 Å². The molecule has 2 rings (SSSR count). The van der Waals surface area contributed by atoms with Crippen molar-refractivity contribution in [1.29, 1.82) is 0 Å². The van der Waals surface area contributed by atoms with Crippen LogP contribution < -0.4 is 0 Å². The second kappa shape index (κ2) is 4.26. The molecule has 6 heteroatoms. The molecule has 2 aromatic rings. The van der Waals surface area contributed by atoms with Gasteiger partial charge in [-0.3, -0.25) is 4.21 Å². The number of rotatable bonds is 2. The summed E-state index contributed by atoms with van der Waals surface area (Å²) in [5, 5.41) is 19.6. The van der Waals surface area contributed by atoms with E-state index in [2.05, 4.69) is 0 Å². The van der Waals surface area contributed by atoms with Crippen molar-refractivity contribution in [2.24, 2.45) is 0 Å². The number of carboxylic acid groups (broad SMARTS) is 1. The predicted octanol–water partition coefficient (Wildman–Crippen LogP) is 2.40. The van der Waals surface area contributed by atoms with Crippen LogP contribution in [0.15, 0.2) is 35.2 Å². The van der Waals surface area contributed by atoms with Crippen LogP contribution >= 0.6 is 10.7 Å². The Kier molecular flexibility index (Phi) is 3.04. The minimum atomic E-state index is -2.91. The highest BCUT2D eigenvalue weighted by Crippen LogP contribution is 2.31. The number of carboxylic acids is 1. The summed E-state index contributed by atoms with van der Waals surface area (Å²) in [5.41, 5.74) is -0.167. The fourth-order valence-corrected chi connectivity index (χ4v) is 2.80. The fraction of sp³-hybridized carbons (Fsp3) is 0.0833. The third-order valence-corrected chi connectivity index (χ3v) is 4.44. The third kappa shape index (κ3) is 2.19. The van der Waals surface area contributed by atoms with Gasteiger partial charge in [0, 0.05) is 16.5 Å². The van der Waals surface area contributed by atoms with E-state index in [1.54, 1.807) is 12.1 Å². The van der Waals surface area contributed by atoms with Crippen molar-refractivity contribution in [3.05, 3.63) is 35.9 Å². The third-order valence-electron chi connectivity index (χ3n) is 2.66. The summed E-state index contributed by atoms with van der Waals surface area (Å²) in [6.07, 6.45) is 1.42. The van der Waals surface area contributed by atoms with Gasteiger partial charge in [0.1, 0.15) is 11.3 Å². The summed E-state index contributed by atoms with van der Waals surface area (Å²) in [5.74, 6) is -1.51. The summed E-state index contributed by atoms with van der Waals surface area (Å²) >= 11 is 0. The van der Waals surface area contributed by atoms with Crippen LogP contribution in [0.2, 0.25) is 0 Å². The zero-order valence-corrected chi connectivity index (χ0v) is 11.1. The first-order chi connectivity index (χ1) is 8.30. The van der Waals surface area contributed by atoms with E-state index in [4.69, 9.17) is 15.8 Å². The van der Waals surface area contributed by atoms with Gasteiger partial charge in [-0.15, -0.1) is 0 Å². The molecule has 0 aliphatic heterocycles. The van der Waals surface area contributed by atoms with Crippen LogP contribution in [-0.2, 0) is 9.15 Å². The molecule has 0 atom stereocenters. The van der Waals surface area contributed by atoms with Crippen molar-refractivity contribution in [1.82, 2.24) is 0 Å². The number of aromatic carboxylic acids is 1. The quantitative estimate of drug-likeness (QED) is 0.585. The van der Waals surface area contributed by atoms with Gasteiger partial charge in [-0.25, -0.2) is 4.79 Å². The minimum absolute atomic E-state index is 0.167. The second-order valence-electron chi connectivity index (χ2n) is 3.99. The molecule has 0 heterocycles. The molecule has 0 radical (unpaired) electrons. The summed E-state index contributed by atoms with van der Waals surface area (Å²) in [4.78, 5) is 11.5. The topological polar surface area (TPSA) is 74.6 Å². The molecule has 18 heavy (non-hydrogen) atoms. The highest BCUT2D eigenvalue weighted by Gasteiger charge is 2.15. The van der Waals surface area contributed by atoms with Gasteiger partial charge < -0.3 is 10.2 Å². The zero-order valence-electron chi connectivity index (χ0n) is 9.42. The lowest BCUT2D eigenvalue weighted by molar-refractivity contribution is 0.0696. The lowest BCUT2D eigenvalue weighted by atomic mass is 10.0. The Bertz CT molecular complexity index is 690. The summed E-state index contributed by atoms with van der Waals surface area (Å²) < 4.78 is 11.7. The lowest BCUT2D eigenvalue weighted by Crippen LogP contribution is -2.01. The average Bonchev–Trinajstić information content (AvgIpc) is 2.26. The van der Waals surface area contributed by atoms with Crippen LogP contribution in [0.4, 0.5) is 0 Å². The Morgan fingerprint density at radius 3 is 2.50 bits per heavy atom. The molecule has 0 bridgehead atoms. The SMILES string of the molecule is C[SH](=O)(Cl)c1ccc2c(C(=O)O)c(O)ccc2c1. The van der Waals surface area contributed by atoms with E-state index in [0.29, 0.717) is 15.7 Å². The van der Waals surface area contributed by atoms with E-state index in [0.717, 1.165) is 0 Å². The maximum Gasteiger partial charge on any atom is 0.340 e. The van der Waals surface area contributed by atoms with Crippen molar-refractivity contribution in [2.75, 3.05) is 6.26 Å². The van der Waals surface area contributed by atoms with Crippen LogP contribution in [0.1, 0.15) is 10.4 Å². The zero-order chi connectivity index (χ0) is 13.5. The molecular weight excluding hydrogens is 276 g/mol. The number of benzene rings is 2. The summed E-state index contributed by atoms with van der Waals surface area (Å²) in [7, 11) is 2.87. The number of fused-ring (bicyclic) bond motifs is 1.